The normalized spacial score (nSPS) is 13.0. The number of hydrogen-bond acceptors (Lipinski definition) is 1. The third-order valence-corrected chi connectivity index (χ3v) is 8.52. The minimum Gasteiger partial charge on any atom is -0.296 e. The number of nitrogens with zero attached hydrogens (tertiary/aromatic N) is 1. The maximum Gasteiger partial charge on any atom is 0.0602 e. The quantitative estimate of drug-likeness (QED) is 0.167. The summed E-state index contributed by atoms with van der Waals surface area (Å²) in [5.74, 6) is 0. The Bertz CT molecular complexity index is 1930. The van der Waals surface area contributed by atoms with Crippen LogP contribution in [0.5, 0.6) is 0 Å². The molecule has 0 bridgehead atoms. The number of fused-ring (bicyclic) bond motifs is 4. The number of rotatable bonds is 3. The number of pyridine rings is 1. The van der Waals surface area contributed by atoms with E-state index in [1.165, 1.54) is 61.2 Å². The van der Waals surface area contributed by atoms with Crippen LogP contribution in [-0.4, -0.2) is 4.98 Å². The third-order valence-electron chi connectivity index (χ3n) is 8.52. The van der Waals surface area contributed by atoms with Gasteiger partial charge < -0.3 is 0 Å². The van der Waals surface area contributed by atoms with Crippen molar-refractivity contribution in [1.82, 2.24) is 4.98 Å². The van der Waals surface area contributed by atoms with Gasteiger partial charge in [-0.05, 0) is 64.9 Å². The number of hydrogen-bond donors (Lipinski definition) is 0. The van der Waals surface area contributed by atoms with Crippen molar-refractivity contribution < 1.29 is 20.1 Å². The van der Waals surface area contributed by atoms with Gasteiger partial charge in [-0.25, -0.2) is 0 Å². The minimum absolute atomic E-state index is 0. The third kappa shape index (κ3) is 4.56. The smallest absolute Gasteiger partial charge is 0.0602 e. The van der Waals surface area contributed by atoms with Crippen LogP contribution in [0, 0.1) is 26.8 Å². The maximum absolute atomic E-state index is 5.23. The van der Waals surface area contributed by atoms with E-state index < -0.39 is 0 Å². The van der Waals surface area contributed by atoms with Crippen molar-refractivity contribution in [2.24, 2.45) is 0 Å². The van der Waals surface area contributed by atoms with E-state index in [9.17, 15) is 0 Å². The van der Waals surface area contributed by atoms with Crippen LogP contribution in [0.3, 0.4) is 0 Å². The molecule has 1 aliphatic rings. The number of aromatic nitrogens is 1. The van der Waals surface area contributed by atoms with Crippen LogP contribution in [0.15, 0.2) is 103 Å². The van der Waals surface area contributed by atoms with Gasteiger partial charge in [-0.2, -0.15) is 0 Å². The van der Waals surface area contributed by atoms with E-state index >= 15 is 0 Å². The van der Waals surface area contributed by atoms with Crippen molar-refractivity contribution >= 4 is 10.9 Å². The molecular weight excluding hydrogens is 675 g/mol. The number of benzene rings is 5. The first-order valence-corrected chi connectivity index (χ1v) is 14.1. The molecule has 0 amide bonds. The Hall–Kier alpha value is -3.84. The molecule has 6 aromatic rings. The summed E-state index contributed by atoms with van der Waals surface area (Å²) in [5.41, 5.74) is 16.9. The monoisotopic (exact) mass is 707 g/mol. The fraction of sp³-hybridized carbons (Fsp3) is 0.154. The molecule has 0 unspecified atom stereocenters. The van der Waals surface area contributed by atoms with Gasteiger partial charge in [0.2, 0.25) is 0 Å². The predicted molar refractivity (Wildman–Crippen MR) is 169 cm³/mol. The average Bonchev–Trinajstić information content (AvgIpc) is 3.19. The first kappa shape index (κ1) is 27.3. The molecule has 2 heteroatoms. The largest absolute Gasteiger partial charge is 0.296 e. The summed E-state index contributed by atoms with van der Waals surface area (Å²) < 4.78 is 0. The zero-order valence-corrected chi connectivity index (χ0v) is 26.5. The summed E-state index contributed by atoms with van der Waals surface area (Å²) in [4.78, 5) is 5.23. The summed E-state index contributed by atoms with van der Waals surface area (Å²) in [6.07, 6.45) is 0. The molecule has 0 spiro atoms. The van der Waals surface area contributed by atoms with Crippen molar-refractivity contribution in [3.05, 3.63) is 137 Å². The second-order valence-electron chi connectivity index (χ2n) is 11.8. The molecule has 0 atom stereocenters. The molecule has 7 rings (SSSR count). The summed E-state index contributed by atoms with van der Waals surface area (Å²) in [7, 11) is 0. The molecule has 203 valence electrons. The molecule has 0 N–H and O–H groups in total. The van der Waals surface area contributed by atoms with E-state index in [1.807, 2.05) is 0 Å². The van der Waals surface area contributed by atoms with Gasteiger partial charge in [-0.1, -0.05) is 128 Å². The standard InChI is InChI=1S/C39H32N.Ir/c1-24-17-25(2)19-29(18-24)28-15-16-36-33(21-28)32(27-11-7-6-8-12-27)23-37(40-36)30-20-26(3)38-31-13-9-10-14-34(31)39(4,5)35(38)22-30;/h6-19,21-23H,1-5H3;/q-1;. The molecule has 41 heavy (non-hydrogen) atoms. The van der Waals surface area contributed by atoms with Gasteiger partial charge >= 0.3 is 0 Å². The summed E-state index contributed by atoms with van der Waals surface area (Å²) in [6, 6.07) is 41.3. The molecule has 0 saturated carbocycles. The van der Waals surface area contributed by atoms with E-state index in [4.69, 9.17) is 4.98 Å². The molecule has 1 heterocycles. The second kappa shape index (κ2) is 10.2. The van der Waals surface area contributed by atoms with Crippen LogP contribution in [0.25, 0.3) is 55.5 Å². The zero-order valence-electron chi connectivity index (χ0n) is 24.1. The van der Waals surface area contributed by atoms with Crippen LogP contribution in [0.1, 0.15) is 41.7 Å². The van der Waals surface area contributed by atoms with E-state index in [1.54, 1.807) is 0 Å². The van der Waals surface area contributed by atoms with Crippen molar-refractivity contribution in [2.75, 3.05) is 0 Å². The minimum atomic E-state index is -0.0690. The van der Waals surface area contributed by atoms with E-state index in [0.717, 1.165) is 22.2 Å². The molecule has 0 saturated heterocycles. The fourth-order valence-electron chi connectivity index (χ4n) is 6.63. The van der Waals surface area contributed by atoms with Gasteiger partial charge in [0.1, 0.15) is 0 Å². The van der Waals surface area contributed by atoms with E-state index in [2.05, 4.69) is 144 Å². The van der Waals surface area contributed by atoms with Crippen LogP contribution in [0.2, 0.25) is 0 Å². The van der Waals surface area contributed by atoms with Crippen LogP contribution in [-0.2, 0) is 25.5 Å². The molecule has 5 aromatic carbocycles. The molecular formula is C39H32IrN-. The Morgan fingerprint density at radius 2 is 1.32 bits per heavy atom. The zero-order chi connectivity index (χ0) is 27.6. The van der Waals surface area contributed by atoms with Gasteiger partial charge in [0.25, 0.3) is 0 Å². The summed E-state index contributed by atoms with van der Waals surface area (Å²) in [5, 5.41) is 1.16. The number of aryl methyl sites for hydroxylation is 3. The van der Waals surface area contributed by atoms with Gasteiger partial charge in [-0.3, -0.25) is 4.98 Å². The Morgan fingerprint density at radius 1 is 0.610 bits per heavy atom. The topological polar surface area (TPSA) is 12.9 Å². The van der Waals surface area contributed by atoms with Crippen molar-refractivity contribution in [3.63, 3.8) is 0 Å². The van der Waals surface area contributed by atoms with Crippen molar-refractivity contribution in [3.8, 4) is 44.6 Å². The fourth-order valence-corrected chi connectivity index (χ4v) is 6.63. The van der Waals surface area contributed by atoms with Crippen molar-refractivity contribution in [2.45, 2.75) is 40.0 Å². The predicted octanol–water partition coefficient (Wildman–Crippen LogP) is 10.3. The first-order valence-electron chi connectivity index (χ1n) is 14.1. The molecule has 1 aliphatic carbocycles. The van der Waals surface area contributed by atoms with Crippen LogP contribution < -0.4 is 0 Å². The Labute approximate surface area is 256 Å². The summed E-state index contributed by atoms with van der Waals surface area (Å²) in [6.45, 7) is 11.2. The first-order chi connectivity index (χ1) is 19.3. The molecule has 1 aromatic heterocycles. The molecule has 1 radical (unpaired) electrons. The average molecular weight is 707 g/mol. The van der Waals surface area contributed by atoms with Gasteiger partial charge in [0.15, 0.2) is 0 Å². The SMILES string of the molecule is Cc1cc(C)cc(-c2ccc3nc(-c4[c-]c(C)c5c(c4)C(C)(C)c4ccccc4-5)cc(-c4ccccc4)c3c2)c1.[Ir]. The van der Waals surface area contributed by atoms with Gasteiger partial charge in [0, 0.05) is 25.5 Å². The van der Waals surface area contributed by atoms with Gasteiger partial charge in [0.05, 0.1) is 5.52 Å². The Kier molecular flexibility index (Phi) is 6.81. The Balaban J connectivity index is 0.00000302. The van der Waals surface area contributed by atoms with Crippen LogP contribution in [0.4, 0.5) is 0 Å². The Morgan fingerprint density at radius 3 is 2.07 bits per heavy atom. The summed E-state index contributed by atoms with van der Waals surface area (Å²) >= 11 is 0. The van der Waals surface area contributed by atoms with E-state index in [-0.39, 0.29) is 25.5 Å². The van der Waals surface area contributed by atoms with Crippen LogP contribution >= 0.6 is 0 Å². The maximum atomic E-state index is 5.23. The molecule has 0 aliphatic heterocycles. The van der Waals surface area contributed by atoms with Crippen molar-refractivity contribution in [1.29, 1.82) is 0 Å². The molecule has 0 fully saturated rings. The second-order valence-corrected chi connectivity index (χ2v) is 11.8. The van der Waals surface area contributed by atoms with E-state index in [0.29, 0.717) is 0 Å². The van der Waals surface area contributed by atoms with Gasteiger partial charge in [-0.15, -0.1) is 28.8 Å². The molecule has 1 nitrogen and oxygen atoms in total.